The quantitative estimate of drug-likeness (QED) is 0.316. The number of nitrogens with two attached hydrogens (primary N) is 1. The Hall–Kier alpha value is -0.820. The third kappa shape index (κ3) is 2.11. The maximum Gasteiger partial charge on any atom is 0.200 e. The maximum atomic E-state index is 10.1. The Morgan fingerprint density at radius 1 is 1.50 bits per heavy atom. The zero-order chi connectivity index (χ0) is 14.4. The van der Waals surface area contributed by atoms with Crippen molar-refractivity contribution in [3.05, 3.63) is 11.0 Å². The van der Waals surface area contributed by atoms with Crippen LogP contribution in [0.25, 0.3) is 11.2 Å². The molecule has 0 aromatic carbocycles. The standard InChI is InChI=1S/C10H12IN5O3S/c11-1-3-5(17)6(18)9(19-3)16-2-13-4-7(16)14-10(12)15-8(4)20/h2-3,5-6,9,17-18H,1H2,(H3,12,14,15,20)/t3-,5+,6+,9+/m0/s1. The molecular weight excluding hydrogens is 397 g/mol. The highest BCUT2D eigenvalue weighted by Crippen LogP contribution is 2.32. The van der Waals surface area contributed by atoms with Gasteiger partial charge in [0.1, 0.15) is 22.4 Å². The van der Waals surface area contributed by atoms with Crippen LogP contribution in [-0.4, -0.2) is 52.5 Å². The van der Waals surface area contributed by atoms with Crippen molar-refractivity contribution in [3.8, 4) is 0 Å². The molecule has 0 saturated carbocycles. The fourth-order valence-corrected chi connectivity index (χ4v) is 3.19. The van der Waals surface area contributed by atoms with Crippen LogP contribution in [-0.2, 0) is 4.74 Å². The van der Waals surface area contributed by atoms with Crippen LogP contribution < -0.4 is 5.73 Å². The number of H-pyrrole nitrogens is 1. The number of nitrogens with one attached hydrogen (secondary N) is 1. The molecule has 20 heavy (non-hydrogen) atoms. The summed E-state index contributed by atoms with van der Waals surface area (Å²) >= 11 is 7.22. The van der Waals surface area contributed by atoms with E-state index in [1.165, 1.54) is 10.9 Å². The number of halogens is 1. The van der Waals surface area contributed by atoms with Gasteiger partial charge in [-0.3, -0.25) is 4.57 Å². The monoisotopic (exact) mass is 409 g/mol. The summed E-state index contributed by atoms with van der Waals surface area (Å²) in [6, 6.07) is 0. The predicted molar refractivity (Wildman–Crippen MR) is 81.9 cm³/mol. The van der Waals surface area contributed by atoms with Crippen molar-refractivity contribution >= 4 is 51.9 Å². The predicted octanol–water partition coefficient (Wildman–Crippen LogP) is 0.125. The Bertz CT molecular complexity index is 704. The first-order valence-corrected chi connectivity index (χ1v) is 7.76. The lowest BCUT2D eigenvalue weighted by Gasteiger charge is -2.16. The number of aromatic amines is 1. The van der Waals surface area contributed by atoms with Gasteiger partial charge in [0.25, 0.3) is 0 Å². The number of aliphatic hydroxyl groups is 2. The molecule has 2 aromatic rings. The van der Waals surface area contributed by atoms with Gasteiger partial charge in [-0.2, -0.15) is 4.98 Å². The van der Waals surface area contributed by atoms with Crippen molar-refractivity contribution in [3.63, 3.8) is 0 Å². The SMILES string of the molecule is Nc1nc2c(ncn2[C@@H]2O[C@@H](CI)[C@@H](O)[C@H]2O)c(=S)[nH]1. The van der Waals surface area contributed by atoms with E-state index in [9.17, 15) is 10.2 Å². The summed E-state index contributed by atoms with van der Waals surface area (Å²) in [5, 5.41) is 20.0. The Morgan fingerprint density at radius 2 is 2.25 bits per heavy atom. The number of aromatic nitrogens is 4. The van der Waals surface area contributed by atoms with Crippen LogP contribution in [0.5, 0.6) is 0 Å². The minimum absolute atomic E-state index is 0.155. The summed E-state index contributed by atoms with van der Waals surface area (Å²) in [5.74, 6) is 0.155. The molecule has 8 nitrogen and oxygen atoms in total. The number of nitrogens with zero attached hydrogens (tertiary/aromatic N) is 3. The molecule has 108 valence electrons. The van der Waals surface area contributed by atoms with Crippen LogP contribution in [0, 0.1) is 4.64 Å². The third-order valence-electron chi connectivity index (χ3n) is 3.21. The number of ether oxygens (including phenoxy) is 1. The molecule has 0 radical (unpaired) electrons. The maximum absolute atomic E-state index is 10.1. The number of rotatable bonds is 2. The van der Waals surface area contributed by atoms with Crippen LogP contribution >= 0.6 is 34.8 Å². The lowest BCUT2D eigenvalue weighted by molar-refractivity contribution is -0.0283. The van der Waals surface area contributed by atoms with Gasteiger partial charge in [0, 0.05) is 4.43 Å². The van der Waals surface area contributed by atoms with E-state index in [4.69, 9.17) is 22.7 Å². The summed E-state index contributed by atoms with van der Waals surface area (Å²) in [7, 11) is 0. The van der Waals surface area contributed by atoms with Crippen LogP contribution in [0.15, 0.2) is 6.33 Å². The van der Waals surface area contributed by atoms with Crippen molar-refractivity contribution in [2.75, 3.05) is 10.2 Å². The average molecular weight is 409 g/mol. The lowest BCUT2D eigenvalue weighted by Crippen LogP contribution is -2.32. The molecule has 1 aliphatic heterocycles. The van der Waals surface area contributed by atoms with Crippen LogP contribution in [0.3, 0.4) is 0 Å². The van der Waals surface area contributed by atoms with E-state index in [0.717, 1.165) is 0 Å². The van der Waals surface area contributed by atoms with Crippen LogP contribution in [0.1, 0.15) is 6.23 Å². The van der Waals surface area contributed by atoms with E-state index in [2.05, 4.69) is 37.5 Å². The molecule has 5 N–H and O–H groups in total. The first-order valence-electron chi connectivity index (χ1n) is 5.83. The normalized spacial score (nSPS) is 30.1. The average Bonchev–Trinajstić information content (AvgIpc) is 2.93. The molecule has 1 aliphatic rings. The molecule has 0 amide bonds. The number of anilines is 1. The fraction of sp³-hybridized carbons (Fsp3) is 0.500. The molecule has 1 saturated heterocycles. The molecule has 3 rings (SSSR count). The molecule has 0 bridgehead atoms. The summed E-state index contributed by atoms with van der Waals surface area (Å²) in [6.07, 6.45) is -1.75. The van der Waals surface area contributed by atoms with E-state index in [-0.39, 0.29) is 5.95 Å². The van der Waals surface area contributed by atoms with Crippen LogP contribution in [0.4, 0.5) is 5.95 Å². The van der Waals surface area contributed by atoms with Gasteiger partial charge in [-0.1, -0.05) is 34.8 Å². The van der Waals surface area contributed by atoms with Gasteiger partial charge in [0.05, 0.1) is 12.4 Å². The van der Waals surface area contributed by atoms with Crippen molar-refractivity contribution in [1.82, 2.24) is 19.5 Å². The first kappa shape index (κ1) is 14.1. The molecule has 3 heterocycles. The van der Waals surface area contributed by atoms with Gasteiger partial charge >= 0.3 is 0 Å². The van der Waals surface area contributed by atoms with E-state index in [0.29, 0.717) is 20.2 Å². The van der Waals surface area contributed by atoms with E-state index in [1.54, 1.807) is 0 Å². The summed E-state index contributed by atoms with van der Waals surface area (Å²) in [4.78, 5) is 11.0. The number of nitrogen functional groups attached to an aromatic ring is 1. The third-order valence-corrected chi connectivity index (χ3v) is 4.38. The van der Waals surface area contributed by atoms with E-state index < -0.39 is 24.5 Å². The van der Waals surface area contributed by atoms with Crippen molar-refractivity contribution < 1.29 is 14.9 Å². The Morgan fingerprint density at radius 3 is 2.90 bits per heavy atom. The summed E-state index contributed by atoms with van der Waals surface area (Å²) < 4.78 is 8.12. The second-order valence-electron chi connectivity index (χ2n) is 4.48. The molecule has 1 fully saturated rings. The van der Waals surface area contributed by atoms with Gasteiger partial charge in [0.15, 0.2) is 11.9 Å². The number of fused-ring (bicyclic) bond motifs is 1. The fourth-order valence-electron chi connectivity index (χ4n) is 2.22. The molecule has 2 aromatic heterocycles. The summed E-state index contributed by atoms with van der Waals surface area (Å²) in [6.45, 7) is 0. The number of hydrogen-bond donors (Lipinski definition) is 4. The van der Waals surface area contributed by atoms with Gasteiger partial charge in [-0.25, -0.2) is 4.98 Å². The van der Waals surface area contributed by atoms with Crippen molar-refractivity contribution in [2.45, 2.75) is 24.5 Å². The molecule has 0 unspecified atom stereocenters. The highest BCUT2D eigenvalue weighted by Gasteiger charge is 2.43. The largest absolute Gasteiger partial charge is 0.387 e. The van der Waals surface area contributed by atoms with Gasteiger partial charge in [0.2, 0.25) is 5.95 Å². The Labute approximate surface area is 132 Å². The van der Waals surface area contributed by atoms with Gasteiger partial charge in [-0.05, 0) is 0 Å². The smallest absolute Gasteiger partial charge is 0.200 e. The summed E-state index contributed by atoms with van der Waals surface area (Å²) in [5.41, 5.74) is 6.52. The topological polar surface area (TPSA) is 122 Å². The van der Waals surface area contributed by atoms with Gasteiger partial charge in [-0.15, -0.1) is 0 Å². The van der Waals surface area contributed by atoms with E-state index in [1.807, 2.05) is 0 Å². The zero-order valence-electron chi connectivity index (χ0n) is 10.1. The highest BCUT2D eigenvalue weighted by molar-refractivity contribution is 14.1. The lowest BCUT2D eigenvalue weighted by atomic mass is 10.1. The van der Waals surface area contributed by atoms with Crippen molar-refractivity contribution in [2.24, 2.45) is 0 Å². The zero-order valence-corrected chi connectivity index (χ0v) is 13.1. The minimum Gasteiger partial charge on any atom is -0.387 e. The highest BCUT2D eigenvalue weighted by atomic mass is 127. The number of hydrogen-bond acceptors (Lipinski definition) is 7. The Balaban J connectivity index is 2.09. The molecular formula is C10H12IN5O3S. The van der Waals surface area contributed by atoms with Gasteiger partial charge < -0.3 is 25.7 Å². The molecule has 0 spiro atoms. The van der Waals surface area contributed by atoms with E-state index >= 15 is 0 Å². The van der Waals surface area contributed by atoms with Crippen LogP contribution in [0.2, 0.25) is 0 Å². The second-order valence-corrected chi connectivity index (χ2v) is 5.76. The Kier molecular flexibility index (Phi) is 3.66. The number of aliphatic hydroxyl groups excluding tert-OH is 2. The second kappa shape index (κ2) is 5.18. The molecule has 10 heteroatoms. The number of imidazole rings is 1. The molecule has 4 atom stereocenters. The minimum atomic E-state index is -1.06. The first-order chi connectivity index (χ1) is 9.52. The number of alkyl halides is 1. The van der Waals surface area contributed by atoms with Crippen molar-refractivity contribution in [1.29, 1.82) is 0 Å². The molecule has 0 aliphatic carbocycles.